The number of carbonyl (C=O) groups is 1. The van der Waals surface area contributed by atoms with Gasteiger partial charge in [0.25, 0.3) is 0 Å². The highest BCUT2D eigenvalue weighted by molar-refractivity contribution is 7.87. The van der Waals surface area contributed by atoms with Gasteiger partial charge < -0.3 is 24.6 Å². The fourth-order valence-corrected chi connectivity index (χ4v) is 3.60. The van der Waals surface area contributed by atoms with Crippen LogP contribution in [0.4, 0.5) is 0 Å². The van der Waals surface area contributed by atoms with Crippen LogP contribution < -0.4 is 4.18 Å². The normalized spacial score (nSPS) is 11.3. The van der Waals surface area contributed by atoms with Crippen molar-refractivity contribution in [2.24, 2.45) is 0 Å². The lowest BCUT2D eigenvalue weighted by Crippen LogP contribution is -2.11. The Labute approximate surface area is 151 Å². The fraction of sp³-hybridized carbons (Fsp3) is 0.0714. The number of aromatic hydroxyl groups is 3. The molecule has 0 saturated heterocycles. The van der Waals surface area contributed by atoms with Crippen LogP contribution in [-0.2, 0) is 10.1 Å². The first-order valence-corrected chi connectivity index (χ1v) is 8.53. The number of aromatic carboxylic acids is 1. The van der Waals surface area contributed by atoms with Crippen LogP contribution in [0, 0.1) is 6.92 Å². The van der Waals surface area contributed by atoms with Crippen LogP contribution >= 0.6 is 23.2 Å². The van der Waals surface area contributed by atoms with Gasteiger partial charge in [0.05, 0.1) is 10.6 Å². The van der Waals surface area contributed by atoms with E-state index in [1.54, 1.807) is 0 Å². The van der Waals surface area contributed by atoms with E-state index in [1.165, 1.54) is 6.92 Å². The van der Waals surface area contributed by atoms with Crippen molar-refractivity contribution < 1.29 is 37.8 Å². The molecule has 0 spiro atoms. The van der Waals surface area contributed by atoms with Gasteiger partial charge in [-0.3, -0.25) is 0 Å². The molecule has 0 unspecified atom stereocenters. The van der Waals surface area contributed by atoms with Gasteiger partial charge in [-0.1, -0.05) is 23.2 Å². The smallest absolute Gasteiger partial charge is 0.343 e. The van der Waals surface area contributed by atoms with Crippen LogP contribution in [0.25, 0.3) is 0 Å². The van der Waals surface area contributed by atoms with Gasteiger partial charge in [-0.15, -0.1) is 0 Å². The molecule has 2 aromatic rings. The Morgan fingerprint density at radius 2 is 1.64 bits per heavy atom. The van der Waals surface area contributed by atoms with Gasteiger partial charge in [-0.25, -0.2) is 4.79 Å². The molecule has 0 atom stereocenters. The van der Waals surface area contributed by atoms with E-state index < -0.39 is 49.5 Å². The molecule has 2 aromatic carbocycles. The van der Waals surface area contributed by atoms with Crippen LogP contribution in [0.15, 0.2) is 23.1 Å². The third-order valence-corrected chi connectivity index (χ3v) is 4.94. The third kappa shape index (κ3) is 3.53. The quantitative estimate of drug-likeness (QED) is 0.446. The van der Waals surface area contributed by atoms with E-state index in [4.69, 9.17) is 28.3 Å². The van der Waals surface area contributed by atoms with Crippen molar-refractivity contribution in [3.63, 3.8) is 0 Å². The van der Waals surface area contributed by atoms with Crippen molar-refractivity contribution >= 4 is 39.3 Å². The van der Waals surface area contributed by atoms with Crippen LogP contribution in [0.3, 0.4) is 0 Å². The molecule has 0 amide bonds. The molecule has 0 bridgehead atoms. The first-order chi connectivity index (χ1) is 11.5. The average molecular weight is 409 g/mol. The Bertz CT molecular complexity index is 985. The van der Waals surface area contributed by atoms with E-state index in [0.29, 0.717) is 6.07 Å². The molecule has 0 aliphatic carbocycles. The van der Waals surface area contributed by atoms with Gasteiger partial charge in [0.15, 0.2) is 22.1 Å². The second kappa shape index (κ2) is 6.51. The Kier molecular flexibility index (Phi) is 4.94. The van der Waals surface area contributed by atoms with Crippen LogP contribution in [0.2, 0.25) is 10.0 Å². The molecule has 0 radical (unpaired) electrons. The second-order valence-electron chi connectivity index (χ2n) is 4.82. The Balaban J connectivity index is 2.62. The van der Waals surface area contributed by atoms with E-state index in [9.17, 15) is 28.5 Å². The van der Waals surface area contributed by atoms with Gasteiger partial charge in [-0.05, 0) is 19.1 Å². The molecule has 0 saturated carbocycles. The monoisotopic (exact) mass is 408 g/mol. The standard InChI is InChI=1S/C14H10Cl2O8S/c1-5-7(14(20)21)4-9(13(19)11(5)17)24-25(22,23)10-3-6(15)2-8(16)12(10)18/h2-4,17-19H,1H3,(H,20,21). The molecule has 134 valence electrons. The summed E-state index contributed by atoms with van der Waals surface area (Å²) in [5, 5.41) is 37.9. The van der Waals surface area contributed by atoms with E-state index in [0.717, 1.165) is 12.1 Å². The van der Waals surface area contributed by atoms with Crippen molar-refractivity contribution in [2.75, 3.05) is 0 Å². The fourth-order valence-electron chi connectivity index (χ4n) is 1.91. The van der Waals surface area contributed by atoms with Gasteiger partial charge in [0.1, 0.15) is 0 Å². The maximum absolute atomic E-state index is 12.3. The van der Waals surface area contributed by atoms with Crippen molar-refractivity contribution in [2.45, 2.75) is 11.8 Å². The summed E-state index contributed by atoms with van der Waals surface area (Å²) >= 11 is 11.3. The minimum Gasteiger partial charge on any atom is -0.505 e. The lowest BCUT2D eigenvalue weighted by Gasteiger charge is -2.13. The third-order valence-electron chi connectivity index (χ3n) is 3.18. The molecular formula is C14H10Cl2O8S. The largest absolute Gasteiger partial charge is 0.505 e. The molecule has 0 aliphatic rings. The number of hydrogen-bond acceptors (Lipinski definition) is 7. The van der Waals surface area contributed by atoms with Crippen molar-refractivity contribution in [3.05, 3.63) is 39.4 Å². The van der Waals surface area contributed by atoms with Gasteiger partial charge in [-0.2, -0.15) is 8.42 Å². The topological polar surface area (TPSA) is 141 Å². The number of phenolic OH excluding ortho intramolecular Hbond substituents is 3. The van der Waals surface area contributed by atoms with E-state index in [-0.39, 0.29) is 15.6 Å². The first-order valence-electron chi connectivity index (χ1n) is 6.37. The summed E-state index contributed by atoms with van der Waals surface area (Å²) < 4.78 is 29.3. The summed E-state index contributed by atoms with van der Waals surface area (Å²) in [4.78, 5) is 10.3. The zero-order valence-corrected chi connectivity index (χ0v) is 14.6. The highest BCUT2D eigenvalue weighted by Crippen LogP contribution is 2.42. The number of carboxylic acid groups (broad SMARTS) is 1. The predicted octanol–water partition coefficient (Wildman–Crippen LogP) is 2.88. The summed E-state index contributed by atoms with van der Waals surface area (Å²) in [6.45, 7) is 1.21. The molecule has 0 aromatic heterocycles. The maximum atomic E-state index is 12.3. The molecular weight excluding hydrogens is 399 g/mol. The molecule has 0 fully saturated rings. The van der Waals surface area contributed by atoms with E-state index in [1.807, 2.05) is 0 Å². The highest BCUT2D eigenvalue weighted by atomic mass is 35.5. The van der Waals surface area contributed by atoms with Gasteiger partial charge in [0, 0.05) is 16.7 Å². The zero-order valence-electron chi connectivity index (χ0n) is 12.3. The Morgan fingerprint density at radius 3 is 2.20 bits per heavy atom. The molecule has 11 heteroatoms. The Morgan fingerprint density at radius 1 is 1.04 bits per heavy atom. The van der Waals surface area contributed by atoms with Crippen LogP contribution in [0.5, 0.6) is 23.0 Å². The van der Waals surface area contributed by atoms with Crippen molar-refractivity contribution in [3.8, 4) is 23.0 Å². The average Bonchev–Trinajstić information content (AvgIpc) is 2.50. The second-order valence-corrected chi connectivity index (χ2v) is 7.18. The first kappa shape index (κ1) is 19.0. The SMILES string of the molecule is Cc1c(C(=O)O)cc(OS(=O)(=O)c2cc(Cl)cc(Cl)c2O)c(O)c1O. The number of rotatable bonds is 4. The summed E-state index contributed by atoms with van der Waals surface area (Å²) in [5.41, 5.74) is -0.683. The molecule has 0 aliphatic heterocycles. The zero-order chi connectivity index (χ0) is 19.1. The van der Waals surface area contributed by atoms with E-state index in [2.05, 4.69) is 4.18 Å². The van der Waals surface area contributed by atoms with Crippen LogP contribution in [0.1, 0.15) is 15.9 Å². The number of halogens is 2. The summed E-state index contributed by atoms with van der Waals surface area (Å²) in [6.07, 6.45) is 0. The Hall–Kier alpha value is -2.36. The predicted molar refractivity (Wildman–Crippen MR) is 87.4 cm³/mol. The molecule has 0 heterocycles. The number of phenols is 3. The summed E-state index contributed by atoms with van der Waals surface area (Å²) in [5.74, 6) is -5.03. The van der Waals surface area contributed by atoms with Crippen molar-refractivity contribution in [1.29, 1.82) is 0 Å². The lowest BCUT2D eigenvalue weighted by atomic mass is 10.1. The molecule has 4 N–H and O–H groups in total. The minimum absolute atomic E-state index is 0.118. The highest BCUT2D eigenvalue weighted by Gasteiger charge is 2.28. The molecule has 8 nitrogen and oxygen atoms in total. The number of hydrogen-bond donors (Lipinski definition) is 4. The van der Waals surface area contributed by atoms with E-state index >= 15 is 0 Å². The summed E-state index contributed by atoms with van der Waals surface area (Å²) in [6, 6.07) is 2.66. The van der Waals surface area contributed by atoms with Gasteiger partial charge >= 0.3 is 16.1 Å². The number of benzene rings is 2. The maximum Gasteiger partial charge on any atom is 0.343 e. The molecule has 25 heavy (non-hydrogen) atoms. The van der Waals surface area contributed by atoms with Gasteiger partial charge in [0.2, 0.25) is 5.75 Å². The molecule has 2 rings (SSSR count). The summed E-state index contributed by atoms with van der Waals surface area (Å²) in [7, 11) is -4.77. The van der Waals surface area contributed by atoms with Crippen molar-refractivity contribution in [1.82, 2.24) is 0 Å². The van der Waals surface area contributed by atoms with Crippen LogP contribution in [-0.4, -0.2) is 34.8 Å². The number of carboxylic acids is 1. The lowest BCUT2D eigenvalue weighted by molar-refractivity contribution is 0.0695. The minimum atomic E-state index is -4.77.